The van der Waals surface area contributed by atoms with E-state index >= 15 is 0 Å². The Morgan fingerprint density at radius 3 is 2.45 bits per heavy atom. The minimum absolute atomic E-state index is 0.116. The molecular weight excluding hydrogens is 292 g/mol. The SMILES string of the molecule is CC(=O)c1ccc(SCCCCOc2ccccc2C)cc1. The Hall–Kier alpha value is -1.74. The van der Waals surface area contributed by atoms with Crippen molar-refractivity contribution < 1.29 is 9.53 Å². The Kier molecular flexibility index (Phi) is 6.53. The van der Waals surface area contributed by atoms with Gasteiger partial charge in [0.1, 0.15) is 5.75 Å². The fourth-order valence-electron chi connectivity index (χ4n) is 2.08. The van der Waals surface area contributed by atoms with Crippen LogP contribution in [-0.4, -0.2) is 18.1 Å². The summed E-state index contributed by atoms with van der Waals surface area (Å²) in [5.74, 6) is 2.16. The predicted octanol–water partition coefficient (Wildman–Crippen LogP) is 5.15. The molecule has 0 amide bonds. The molecule has 0 fully saturated rings. The molecule has 116 valence electrons. The quantitative estimate of drug-likeness (QED) is 0.383. The van der Waals surface area contributed by atoms with Crippen LogP contribution in [0.5, 0.6) is 5.75 Å². The molecule has 2 rings (SSSR count). The van der Waals surface area contributed by atoms with Crippen molar-refractivity contribution in [3.63, 3.8) is 0 Å². The van der Waals surface area contributed by atoms with Gasteiger partial charge in [-0.3, -0.25) is 4.79 Å². The van der Waals surface area contributed by atoms with Gasteiger partial charge in [-0.15, -0.1) is 11.8 Å². The summed E-state index contributed by atoms with van der Waals surface area (Å²) in [7, 11) is 0. The van der Waals surface area contributed by atoms with Crippen molar-refractivity contribution in [1.29, 1.82) is 0 Å². The number of carbonyl (C=O) groups excluding carboxylic acids is 1. The molecule has 3 heteroatoms. The van der Waals surface area contributed by atoms with Gasteiger partial charge in [0.2, 0.25) is 0 Å². The van der Waals surface area contributed by atoms with Crippen LogP contribution in [0.3, 0.4) is 0 Å². The molecule has 0 aliphatic rings. The molecule has 0 bridgehead atoms. The number of ketones is 1. The summed E-state index contributed by atoms with van der Waals surface area (Å²) in [6.07, 6.45) is 2.16. The summed E-state index contributed by atoms with van der Waals surface area (Å²) in [6.45, 7) is 4.42. The predicted molar refractivity (Wildman–Crippen MR) is 93.1 cm³/mol. The monoisotopic (exact) mass is 314 g/mol. The second kappa shape index (κ2) is 8.64. The minimum Gasteiger partial charge on any atom is -0.493 e. The Balaban J connectivity index is 1.63. The molecule has 2 nitrogen and oxygen atoms in total. The molecule has 0 saturated carbocycles. The maximum absolute atomic E-state index is 11.2. The topological polar surface area (TPSA) is 26.3 Å². The van der Waals surface area contributed by atoms with Crippen molar-refractivity contribution in [2.75, 3.05) is 12.4 Å². The average molecular weight is 314 g/mol. The largest absolute Gasteiger partial charge is 0.493 e. The molecule has 0 spiro atoms. The zero-order valence-electron chi connectivity index (χ0n) is 13.2. The van der Waals surface area contributed by atoms with Gasteiger partial charge in [0.05, 0.1) is 6.61 Å². The van der Waals surface area contributed by atoms with E-state index in [4.69, 9.17) is 4.74 Å². The summed E-state index contributed by atoms with van der Waals surface area (Å²) in [5.41, 5.74) is 1.96. The summed E-state index contributed by atoms with van der Waals surface area (Å²) in [6, 6.07) is 15.9. The number of hydrogen-bond donors (Lipinski definition) is 0. The van der Waals surface area contributed by atoms with Crippen molar-refractivity contribution in [1.82, 2.24) is 0 Å². The third-order valence-electron chi connectivity index (χ3n) is 3.42. The zero-order chi connectivity index (χ0) is 15.8. The van der Waals surface area contributed by atoms with Gasteiger partial charge in [-0.2, -0.15) is 0 Å². The van der Waals surface area contributed by atoms with E-state index in [0.717, 1.165) is 36.5 Å². The molecule has 0 aromatic heterocycles. The number of hydrogen-bond acceptors (Lipinski definition) is 3. The second-order valence-electron chi connectivity index (χ2n) is 5.25. The van der Waals surface area contributed by atoms with Crippen LogP contribution < -0.4 is 4.74 Å². The van der Waals surface area contributed by atoms with Crippen LogP contribution >= 0.6 is 11.8 Å². The highest BCUT2D eigenvalue weighted by molar-refractivity contribution is 7.99. The van der Waals surface area contributed by atoms with Gasteiger partial charge in [-0.05, 0) is 56.2 Å². The van der Waals surface area contributed by atoms with Gasteiger partial charge in [0.15, 0.2) is 5.78 Å². The Morgan fingerprint density at radius 2 is 1.77 bits per heavy atom. The van der Waals surface area contributed by atoms with Crippen LogP contribution in [0, 0.1) is 6.92 Å². The molecule has 2 aromatic rings. The van der Waals surface area contributed by atoms with Crippen LogP contribution in [0.4, 0.5) is 0 Å². The summed E-state index contributed by atoms with van der Waals surface area (Å²) in [4.78, 5) is 12.4. The fourth-order valence-corrected chi connectivity index (χ4v) is 2.99. The van der Waals surface area contributed by atoms with E-state index in [2.05, 4.69) is 13.0 Å². The number of para-hydroxylation sites is 1. The fraction of sp³-hybridized carbons (Fsp3) is 0.316. The first kappa shape index (κ1) is 16.6. The smallest absolute Gasteiger partial charge is 0.159 e. The van der Waals surface area contributed by atoms with Crippen LogP contribution in [-0.2, 0) is 0 Å². The summed E-state index contributed by atoms with van der Waals surface area (Å²) >= 11 is 1.82. The standard InChI is InChI=1S/C19H22O2S/c1-15-7-3-4-8-19(15)21-13-5-6-14-22-18-11-9-17(10-12-18)16(2)20/h3-4,7-12H,5-6,13-14H2,1-2H3. The maximum Gasteiger partial charge on any atom is 0.159 e. The van der Waals surface area contributed by atoms with Crippen molar-refractivity contribution in [3.8, 4) is 5.75 Å². The highest BCUT2D eigenvalue weighted by Crippen LogP contribution is 2.20. The molecule has 0 atom stereocenters. The number of aryl methyl sites for hydroxylation is 1. The molecular formula is C19H22O2S. The van der Waals surface area contributed by atoms with Crippen LogP contribution in [0.2, 0.25) is 0 Å². The third kappa shape index (κ3) is 5.23. The molecule has 0 radical (unpaired) electrons. The number of carbonyl (C=O) groups is 1. The summed E-state index contributed by atoms with van der Waals surface area (Å²) in [5, 5.41) is 0. The first-order valence-electron chi connectivity index (χ1n) is 7.59. The van der Waals surface area contributed by atoms with E-state index in [1.807, 2.05) is 54.2 Å². The normalized spacial score (nSPS) is 10.5. The maximum atomic E-state index is 11.2. The van der Waals surface area contributed by atoms with Crippen molar-refractivity contribution >= 4 is 17.5 Å². The Labute approximate surface area is 136 Å². The molecule has 0 aliphatic carbocycles. The van der Waals surface area contributed by atoms with Gasteiger partial charge < -0.3 is 4.74 Å². The van der Waals surface area contributed by atoms with Crippen molar-refractivity contribution in [2.24, 2.45) is 0 Å². The lowest BCUT2D eigenvalue weighted by atomic mass is 10.2. The molecule has 22 heavy (non-hydrogen) atoms. The lowest BCUT2D eigenvalue weighted by Gasteiger charge is -2.08. The molecule has 0 saturated heterocycles. The van der Waals surface area contributed by atoms with Gasteiger partial charge in [0.25, 0.3) is 0 Å². The minimum atomic E-state index is 0.116. The number of rotatable bonds is 8. The lowest BCUT2D eigenvalue weighted by molar-refractivity contribution is 0.101. The van der Waals surface area contributed by atoms with Gasteiger partial charge in [-0.1, -0.05) is 30.3 Å². The number of Topliss-reactive ketones (excluding diaryl/α,β-unsaturated/α-hetero) is 1. The van der Waals surface area contributed by atoms with Gasteiger partial charge >= 0.3 is 0 Å². The lowest BCUT2D eigenvalue weighted by Crippen LogP contribution is -1.99. The highest BCUT2D eigenvalue weighted by atomic mass is 32.2. The van der Waals surface area contributed by atoms with Crippen molar-refractivity contribution in [3.05, 3.63) is 59.7 Å². The van der Waals surface area contributed by atoms with E-state index in [0.29, 0.717) is 0 Å². The van der Waals surface area contributed by atoms with E-state index in [-0.39, 0.29) is 5.78 Å². The number of thioether (sulfide) groups is 1. The molecule has 0 unspecified atom stereocenters. The number of unbranched alkanes of at least 4 members (excludes halogenated alkanes) is 1. The van der Waals surface area contributed by atoms with E-state index in [1.165, 1.54) is 10.5 Å². The van der Waals surface area contributed by atoms with E-state index < -0.39 is 0 Å². The van der Waals surface area contributed by atoms with E-state index in [1.54, 1.807) is 6.92 Å². The molecule has 0 N–H and O–H groups in total. The number of ether oxygens (including phenoxy) is 1. The van der Waals surface area contributed by atoms with Gasteiger partial charge in [-0.25, -0.2) is 0 Å². The van der Waals surface area contributed by atoms with Gasteiger partial charge in [0, 0.05) is 10.5 Å². The Morgan fingerprint density at radius 1 is 1.05 bits per heavy atom. The molecule has 2 aromatic carbocycles. The average Bonchev–Trinajstić information content (AvgIpc) is 2.53. The first-order chi connectivity index (χ1) is 10.7. The molecule has 0 aliphatic heterocycles. The molecule has 0 heterocycles. The highest BCUT2D eigenvalue weighted by Gasteiger charge is 2.00. The van der Waals surface area contributed by atoms with E-state index in [9.17, 15) is 4.79 Å². The summed E-state index contributed by atoms with van der Waals surface area (Å²) < 4.78 is 5.78. The first-order valence-corrected chi connectivity index (χ1v) is 8.57. The second-order valence-corrected chi connectivity index (χ2v) is 6.42. The van der Waals surface area contributed by atoms with Crippen LogP contribution in [0.1, 0.15) is 35.7 Å². The Bertz CT molecular complexity index is 605. The van der Waals surface area contributed by atoms with Crippen molar-refractivity contribution in [2.45, 2.75) is 31.6 Å². The zero-order valence-corrected chi connectivity index (χ0v) is 14.0. The number of benzene rings is 2. The van der Waals surface area contributed by atoms with Crippen LogP contribution in [0.25, 0.3) is 0 Å². The third-order valence-corrected chi connectivity index (χ3v) is 4.52. The van der Waals surface area contributed by atoms with Crippen LogP contribution in [0.15, 0.2) is 53.4 Å².